The molecule has 0 aromatic heterocycles. The molecule has 0 N–H and O–H groups in total. The molecule has 1 saturated carbocycles. The van der Waals surface area contributed by atoms with Crippen molar-refractivity contribution in [2.24, 2.45) is 5.92 Å². The summed E-state index contributed by atoms with van der Waals surface area (Å²) in [7, 11) is 1.69. The first kappa shape index (κ1) is 13.9. The van der Waals surface area contributed by atoms with Crippen LogP contribution in [0.3, 0.4) is 0 Å². The van der Waals surface area contributed by atoms with E-state index in [-0.39, 0.29) is 5.92 Å². The molecule has 0 bridgehead atoms. The number of nitrogens with zero attached hydrogens (tertiary/aromatic N) is 1. The Morgan fingerprint density at radius 3 is 2.47 bits per heavy atom. The van der Waals surface area contributed by atoms with Crippen molar-refractivity contribution in [3.8, 4) is 11.8 Å². The van der Waals surface area contributed by atoms with Gasteiger partial charge in [-0.3, -0.25) is 0 Å². The minimum absolute atomic E-state index is 0.0175. The highest BCUT2D eigenvalue weighted by atomic mass is 16.5. The van der Waals surface area contributed by atoms with Crippen molar-refractivity contribution in [3.05, 3.63) is 29.3 Å². The van der Waals surface area contributed by atoms with E-state index in [1.54, 1.807) is 7.11 Å². The third-order valence-corrected chi connectivity index (χ3v) is 4.27. The van der Waals surface area contributed by atoms with Gasteiger partial charge in [-0.05, 0) is 36.3 Å². The van der Waals surface area contributed by atoms with Crippen LogP contribution >= 0.6 is 0 Å². The Bertz CT molecular complexity index is 467. The van der Waals surface area contributed by atoms with Gasteiger partial charge in [0.2, 0.25) is 0 Å². The summed E-state index contributed by atoms with van der Waals surface area (Å²) in [6.07, 6.45) is 4.87. The fourth-order valence-corrected chi connectivity index (χ4v) is 3.07. The molecule has 0 spiro atoms. The summed E-state index contributed by atoms with van der Waals surface area (Å²) in [5.74, 6) is 1.83. The largest absolute Gasteiger partial charge is 0.496 e. The van der Waals surface area contributed by atoms with Gasteiger partial charge in [0.05, 0.1) is 19.1 Å². The van der Waals surface area contributed by atoms with Gasteiger partial charge < -0.3 is 4.74 Å². The van der Waals surface area contributed by atoms with Crippen LogP contribution in [0.4, 0.5) is 0 Å². The molecule has 1 aliphatic carbocycles. The molecule has 1 aliphatic rings. The number of nitriles is 1. The van der Waals surface area contributed by atoms with E-state index in [2.05, 4.69) is 32.0 Å². The predicted molar refractivity (Wildman–Crippen MR) is 77.4 cm³/mol. The van der Waals surface area contributed by atoms with Gasteiger partial charge in [0.15, 0.2) is 0 Å². The summed E-state index contributed by atoms with van der Waals surface area (Å²) < 4.78 is 5.47. The molecule has 19 heavy (non-hydrogen) atoms. The minimum atomic E-state index is -0.0175. The molecule has 0 saturated heterocycles. The molecular formula is C17H23NO. The highest BCUT2D eigenvalue weighted by Gasteiger charge is 2.28. The zero-order chi connectivity index (χ0) is 13.8. The van der Waals surface area contributed by atoms with Crippen molar-refractivity contribution in [1.29, 1.82) is 5.26 Å². The quantitative estimate of drug-likeness (QED) is 0.788. The summed E-state index contributed by atoms with van der Waals surface area (Å²) in [6, 6.07) is 8.82. The van der Waals surface area contributed by atoms with Crippen LogP contribution in [0, 0.1) is 17.2 Å². The smallest absolute Gasteiger partial charge is 0.123 e. The molecule has 2 nitrogen and oxygen atoms in total. The normalized spacial score (nSPS) is 17.4. The molecule has 2 rings (SSSR count). The van der Waals surface area contributed by atoms with Gasteiger partial charge in [0, 0.05) is 5.56 Å². The van der Waals surface area contributed by atoms with Crippen LogP contribution in [-0.2, 0) is 0 Å². The maximum absolute atomic E-state index is 9.58. The summed E-state index contributed by atoms with van der Waals surface area (Å²) >= 11 is 0. The topological polar surface area (TPSA) is 33.0 Å². The Balaban J connectivity index is 2.39. The maximum Gasteiger partial charge on any atom is 0.123 e. The molecular weight excluding hydrogens is 234 g/mol. The first-order valence-electron chi connectivity index (χ1n) is 7.24. The van der Waals surface area contributed by atoms with Gasteiger partial charge >= 0.3 is 0 Å². The van der Waals surface area contributed by atoms with Gasteiger partial charge in [-0.15, -0.1) is 0 Å². The van der Waals surface area contributed by atoms with Crippen molar-refractivity contribution < 1.29 is 4.74 Å². The Kier molecular flexibility index (Phi) is 4.47. The molecule has 1 atom stereocenters. The average molecular weight is 257 g/mol. The summed E-state index contributed by atoms with van der Waals surface area (Å²) in [5.41, 5.74) is 2.37. The summed E-state index contributed by atoms with van der Waals surface area (Å²) in [5, 5.41) is 9.58. The number of hydrogen-bond acceptors (Lipinski definition) is 2. The van der Waals surface area contributed by atoms with Gasteiger partial charge in [0.1, 0.15) is 5.75 Å². The van der Waals surface area contributed by atoms with Gasteiger partial charge in [-0.2, -0.15) is 5.26 Å². The molecule has 1 aromatic rings. The molecule has 102 valence electrons. The lowest BCUT2D eigenvalue weighted by Gasteiger charge is -2.21. The van der Waals surface area contributed by atoms with E-state index in [0.717, 1.165) is 11.3 Å². The maximum atomic E-state index is 9.58. The highest BCUT2D eigenvalue weighted by Crippen LogP contribution is 2.41. The first-order valence-corrected chi connectivity index (χ1v) is 7.24. The second kappa shape index (κ2) is 6.10. The Hall–Kier alpha value is -1.49. The zero-order valence-electron chi connectivity index (χ0n) is 12.1. The predicted octanol–water partition coefficient (Wildman–Crippen LogP) is 4.62. The first-order chi connectivity index (χ1) is 9.17. The average Bonchev–Trinajstić information content (AvgIpc) is 2.93. The van der Waals surface area contributed by atoms with E-state index in [1.807, 2.05) is 6.07 Å². The van der Waals surface area contributed by atoms with Crippen molar-refractivity contribution in [1.82, 2.24) is 0 Å². The van der Waals surface area contributed by atoms with E-state index in [9.17, 15) is 5.26 Å². The SMILES string of the molecule is COc1ccc(C(C)C)cc1C(C#N)C1CCCC1. The number of hydrogen-bond donors (Lipinski definition) is 0. The van der Waals surface area contributed by atoms with Crippen LogP contribution in [0.5, 0.6) is 5.75 Å². The van der Waals surface area contributed by atoms with E-state index >= 15 is 0 Å². The molecule has 0 heterocycles. The number of rotatable bonds is 4. The van der Waals surface area contributed by atoms with E-state index in [1.165, 1.54) is 31.2 Å². The monoisotopic (exact) mass is 257 g/mol. The number of ether oxygens (including phenoxy) is 1. The second-order valence-corrected chi connectivity index (χ2v) is 5.81. The fourth-order valence-electron chi connectivity index (χ4n) is 3.07. The molecule has 1 fully saturated rings. The van der Waals surface area contributed by atoms with E-state index in [4.69, 9.17) is 4.74 Å². The number of methoxy groups -OCH3 is 1. The van der Waals surface area contributed by atoms with E-state index in [0.29, 0.717) is 11.8 Å². The third-order valence-electron chi connectivity index (χ3n) is 4.27. The summed E-state index contributed by atoms with van der Waals surface area (Å²) in [4.78, 5) is 0. The molecule has 0 radical (unpaired) electrons. The molecule has 0 aliphatic heterocycles. The Labute approximate surface area is 116 Å². The van der Waals surface area contributed by atoms with Gasteiger partial charge in [0.25, 0.3) is 0 Å². The molecule has 1 unspecified atom stereocenters. The van der Waals surface area contributed by atoms with Crippen molar-refractivity contribution in [2.75, 3.05) is 7.11 Å². The molecule has 0 amide bonds. The lowest BCUT2D eigenvalue weighted by atomic mass is 9.84. The van der Waals surface area contributed by atoms with Crippen molar-refractivity contribution in [2.45, 2.75) is 51.4 Å². The highest BCUT2D eigenvalue weighted by molar-refractivity contribution is 5.43. The van der Waals surface area contributed by atoms with Crippen LogP contribution < -0.4 is 4.74 Å². The lowest BCUT2D eigenvalue weighted by molar-refractivity contribution is 0.398. The molecule has 2 heteroatoms. The molecule has 1 aromatic carbocycles. The van der Waals surface area contributed by atoms with E-state index < -0.39 is 0 Å². The van der Waals surface area contributed by atoms with Crippen LogP contribution in [0.1, 0.15) is 62.5 Å². The third kappa shape index (κ3) is 2.92. The van der Waals surface area contributed by atoms with Crippen LogP contribution in [0.2, 0.25) is 0 Å². The van der Waals surface area contributed by atoms with Crippen LogP contribution in [0.15, 0.2) is 18.2 Å². The van der Waals surface area contributed by atoms with Crippen molar-refractivity contribution in [3.63, 3.8) is 0 Å². The lowest BCUT2D eigenvalue weighted by Crippen LogP contribution is -2.10. The van der Waals surface area contributed by atoms with Crippen LogP contribution in [-0.4, -0.2) is 7.11 Å². The van der Waals surface area contributed by atoms with Gasteiger partial charge in [-0.1, -0.05) is 38.8 Å². The number of benzene rings is 1. The Morgan fingerprint density at radius 1 is 1.26 bits per heavy atom. The van der Waals surface area contributed by atoms with Crippen molar-refractivity contribution >= 4 is 0 Å². The minimum Gasteiger partial charge on any atom is -0.496 e. The standard InChI is InChI=1S/C17H23NO/c1-12(2)14-8-9-17(19-3)15(10-14)16(11-18)13-6-4-5-7-13/h8-10,12-13,16H,4-7H2,1-3H3. The second-order valence-electron chi connectivity index (χ2n) is 5.81. The Morgan fingerprint density at radius 2 is 1.95 bits per heavy atom. The zero-order valence-corrected chi connectivity index (χ0v) is 12.1. The van der Waals surface area contributed by atoms with Gasteiger partial charge in [-0.25, -0.2) is 0 Å². The van der Waals surface area contributed by atoms with Crippen LogP contribution in [0.25, 0.3) is 0 Å². The summed E-state index contributed by atoms with van der Waals surface area (Å²) in [6.45, 7) is 4.37. The fraction of sp³-hybridized carbons (Fsp3) is 0.588.